The minimum absolute atomic E-state index is 0.00737. The Balaban J connectivity index is 1.90. The zero-order valence-corrected chi connectivity index (χ0v) is 18.6. The summed E-state index contributed by atoms with van der Waals surface area (Å²) in [6.07, 6.45) is 0. The highest BCUT2D eigenvalue weighted by Crippen LogP contribution is 2.26. The van der Waals surface area contributed by atoms with Gasteiger partial charge in [-0.15, -0.1) is 10.2 Å². The van der Waals surface area contributed by atoms with Crippen LogP contribution in [0.25, 0.3) is 0 Å². The molecule has 0 unspecified atom stereocenters. The van der Waals surface area contributed by atoms with Gasteiger partial charge in [-0.25, -0.2) is 16.8 Å². The number of ether oxygens (including phenoxy) is 1. The molecular weight excluding hydrogens is 450 g/mol. The maximum atomic E-state index is 13.3. The lowest BCUT2D eigenvalue weighted by Gasteiger charge is -2.12. The highest BCUT2D eigenvalue weighted by Gasteiger charge is 2.32. The second-order valence-electron chi connectivity index (χ2n) is 6.83. The van der Waals surface area contributed by atoms with Crippen LogP contribution >= 0.6 is 0 Å². The van der Waals surface area contributed by atoms with E-state index in [-0.39, 0.29) is 16.3 Å². The molecule has 0 aliphatic rings. The first kappa shape index (κ1) is 21.7. The van der Waals surface area contributed by atoms with Crippen molar-refractivity contribution in [1.29, 1.82) is 0 Å². The first-order valence-electron chi connectivity index (χ1n) is 9.50. The molecule has 0 fully saturated rings. The largest absolute Gasteiger partial charge is 0.497 e. The van der Waals surface area contributed by atoms with E-state index in [1.807, 2.05) is 0 Å². The Morgan fingerprint density at radius 2 is 1.12 bits per heavy atom. The van der Waals surface area contributed by atoms with Crippen molar-refractivity contribution in [1.82, 2.24) is 14.8 Å². The van der Waals surface area contributed by atoms with E-state index < -0.39 is 30.0 Å². The highest BCUT2D eigenvalue weighted by atomic mass is 32.2. The van der Waals surface area contributed by atoms with E-state index in [2.05, 4.69) is 10.2 Å². The van der Waals surface area contributed by atoms with Gasteiger partial charge in [0.15, 0.2) is 0 Å². The van der Waals surface area contributed by atoms with Crippen LogP contribution in [0.4, 0.5) is 0 Å². The second-order valence-corrected chi connectivity index (χ2v) is 10.5. The van der Waals surface area contributed by atoms with Crippen LogP contribution < -0.4 is 4.74 Å². The van der Waals surface area contributed by atoms with Gasteiger partial charge in [0.2, 0.25) is 19.7 Å². The summed E-state index contributed by atoms with van der Waals surface area (Å²) in [5.41, 5.74) is 0.652. The second kappa shape index (κ2) is 8.56. The van der Waals surface area contributed by atoms with Crippen LogP contribution in [0.5, 0.6) is 5.75 Å². The molecule has 0 saturated carbocycles. The van der Waals surface area contributed by atoms with Gasteiger partial charge in [-0.2, -0.15) is 0 Å². The summed E-state index contributed by atoms with van der Waals surface area (Å²) in [6.45, 7) is -0.0697. The van der Waals surface area contributed by atoms with Crippen molar-refractivity contribution in [3.63, 3.8) is 0 Å². The summed E-state index contributed by atoms with van der Waals surface area (Å²) in [7, 11) is -6.72. The minimum atomic E-state index is -4.12. The van der Waals surface area contributed by atoms with Gasteiger partial charge in [0, 0.05) is 0 Å². The molecule has 10 heteroatoms. The lowest BCUT2D eigenvalue weighted by atomic mass is 10.2. The van der Waals surface area contributed by atoms with E-state index >= 15 is 0 Å². The number of sulfone groups is 2. The average molecular weight is 470 g/mol. The summed E-state index contributed by atoms with van der Waals surface area (Å²) < 4.78 is 59.4. The van der Waals surface area contributed by atoms with E-state index in [0.29, 0.717) is 11.3 Å². The number of benzene rings is 3. The van der Waals surface area contributed by atoms with Crippen LogP contribution in [0.3, 0.4) is 0 Å². The van der Waals surface area contributed by atoms with Gasteiger partial charge >= 0.3 is 0 Å². The van der Waals surface area contributed by atoms with E-state index in [1.54, 1.807) is 60.7 Å². The maximum absolute atomic E-state index is 13.3. The molecule has 1 heterocycles. The molecule has 0 radical (unpaired) electrons. The van der Waals surface area contributed by atoms with E-state index in [1.165, 1.54) is 31.4 Å². The molecule has 4 rings (SSSR count). The summed E-state index contributed by atoms with van der Waals surface area (Å²) in [5, 5.41) is 6.71. The first-order valence-corrected chi connectivity index (χ1v) is 12.5. The molecule has 3 aromatic carbocycles. The fourth-order valence-electron chi connectivity index (χ4n) is 3.13. The number of hydrogen-bond acceptors (Lipinski definition) is 7. The van der Waals surface area contributed by atoms with Crippen LogP contribution in [-0.4, -0.2) is 38.7 Å². The molecule has 0 N–H and O–H groups in total. The zero-order valence-electron chi connectivity index (χ0n) is 17.0. The smallest absolute Gasteiger partial charge is 0.255 e. The van der Waals surface area contributed by atoms with Crippen molar-refractivity contribution in [2.45, 2.75) is 26.6 Å². The van der Waals surface area contributed by atoms with Crippen LogP contribution in [-0.2, 0) is 26.2 Å². The molecule has 32 heavy (non-hydrogen) atoms. The quantitative estimate of drug-likeness (QED) is 0.409. The number of hydrogen-bond donors (Lipinski definition) is 0. The molecule has 0 aliphatic heterocycles. The summed E-state index contributed by atoms with van der Waals surface area (Å²) in [6, 6.07) is 22.2. The molecule has 0 bridgehead atoms. The van der Waals surface area contributed by atoms with Crippen LogP contribution in [0.15, 0.2) is 105 Å². The molecule has 0 atom stereocenters. The van der Waals surface area contributed by atoms with E-state index in [9.17, 15) is 16.8 Å². The van der Waals surface area contributed by atoms with Crippen molar-refractivity contribution < 1.29 is 21.6 Å². The highest BCUT2D eigenvalue weighted by molar-refractivity contribution is 7.92. The Bertz CT molecular complexity index is 1350. The number of aromatic nitrogens is 3. The summed E-state index contributed by atoms with van der Waals surface area (Å²) in [5.74, 6) is 0.617. The number of nitrogens with zero attached hydrogens (tertiary/aromatic N) is 3. The fraction of sp³-hybridized carbons (Fsp3) is 0.0909. The van der Waals surface area contributed by atoms with Crippen LogP contribution in [0, 0.1) is 0 Å². The minimum Gasteiger partial charge on any atom is -0.497 e. The Morgan fingerprint density at radius 3 is 1.53 bits per heavy atom. The predicted octanol–water partition coefficient (Wildman–Crippen LogP) is 3.00. The lowest BCUT2D eigenvalue weighted by Crippen LogP contribution is -2.17. The molecule has 4 aromatic rings. The number of methoxy groups -OCH3 is 1. The standard InChI is InChI=1S/C22H19N3O5S2/c1-30-18-14-12-17(13-15-18)16-25-21(31(26,27)19-8-4-2-5-9-19)23-24-22(25)32(28,29)20-10-6-3-7-11-20/h2-15H,16H2,1H3. The Labute approximate surface area is 186 Å². The summed E-state index contributed by atoms with van der Waals surface area (Å²) in [4.78, 5) is -0.0147. The van der Waals surface area contributed by atoms with Gasteiger partial charge < -0.3 is 4.74 Å². The normalized spacial score (nSPS) is 11.9. The van der Waals surface area contributed by atoms with Gasteiger partial charge in [0.1, 0.15) is 5.75 Å². The van der Waals surface area contributed by atoms with Gasteiger partial charge in [-0.3, -0.25) is 4.57 Å². The van der Waals surface area contributed by atoms with Gasteiger partial charge in [-0.1, -0.05) is 48.5 Å². The Morgan fingerprint density at radius 1 is 0.688 bits per heavy atom. The molecule has 1 aromatic heterocycles. The molecular formula is C22H19N3O5S2. The topological polar surface area (TPSA) is 108 Å². The molecule has 0 aliphatic carbocycles. The fourth-order valence-corrected chi connectivity index (χ4v) is 5.82. The van der Waals surface area contributed by atoms with E-state index in [4.69, 9.17) is 4.74 Å². The van der Waals surface area contributed by atoms with Gasteiger partial charge in [-0.05, 0) is 42.0 Å². The molecule has 0 spiro atoms. The monoisotopic (exact) mass is 469 g/mol. The molecule has 0 amide bonds. The van der Waals surface area contributed by atoms with Gasteiger partial charge in [0.05, 0.1) is 23.4 Å². The third-order valence-electron chi connectivity index (χ3n) is 4.77. The molecule has 164 valence electrons. The van der Waals surface area contributed by atoms with Crippen molar-refractivity contribution >= 4 is 19.7 Å². The van der Waals surface area contributed by atoms with Crippen LogP contribution in [0.2, 0.25) is 0 Å². The number of rotatable bonds is 7. The Hall–Kier alpha value is -3.50. The van der Waals surface area contributed by atoms with Crippen molar-refractivity contribution in [3.8, 4) is 5.75 Å². The summed E-state index contributed by atoms with van der Waals surface area (Å²) >= 11 is 0. The van der Waals surface area contributed by atoms with Crippen LogP contribution in [0.1, 0.15) is 5.56 Å². The molecule has 8 nitrogen and oxygen atoms in total. The zero-order chi connectivity index (χ0) is 22.8. The van der Waals surface area contributed by atoms with Crippen molar-refractivity contribution in [3.05, 3.63) is 90.5 Å². The maximum Gasteiger partial charge on any atom is 0.255 e. The first-order chi connectivity index (χ1) is 15.3. The molecule has 0 saturated heterocycles. The van der Waals surface area contributed by atoms with Gasteiger partial charge in [0.25, 0.3) is 10.3 Å². The third kappa shape index (κ3) is 4.02. The van der Waals surface area contributed by atoms with Crippen molar-refractivity contribution in [2.75, 3.05) is 7.11 Å². The SMILES string of the molecule is COc1ccc(Cn2c(S(=O)(=O)c3ccccc3)nnc2S(=O)(=O)c2ccccc2)cc1. The Kier molecular flexibility index (Phi) is 5.81. The lowest BCUT2D eigenvalue weighted by molar-refractivity contribution is 0.414. The third-order valence-corrected chi connectivity index (χ3v) is 8.12. The predicted molar refractivity (Wildman–Crippen MR) is 116 cm³/mol. The van der Waals surface area contributed by atoms with E-state index in [0.717, 1.165) is 4.57 Å². The van der Waals surface area contributed by atoms with Crippen molar-refractivity contribution in [2.24, 2.45) is 0 Å². The average Bonchev–Trinajstić information content (AvgIpc) is 3.26.